The molecule has 1 unspecified atom stereocenters. The molecule has 10 heteroatoms. The summed E-state index contributed by atoms with van der Waals surface area (Å²) in [6.07, 6.45) is 0. The van der Waals surface area contributed by atoms with Crippen LogP contribution in [0.4, 0.5) is 14.5 Å². The number of hydrogen-bond donors (Lipinski definition) is 1. The summed E-state index contributed by atoms with van der Waals surface area (Å²) < 4.78 is 55.9. The molecule has 3 aromatic rings. The number of amides is 2. The molecule has 1 atom stereocenters. The number of nitrogens with one attached hydrogen (secondary N) is 1. The number of sulfonamides is 1. The third-order valence-corrected chi connectivity index (χ3v) is 7.50. The standard InChI is InChI=1S/C26H27F2N3O4S/c1-18-8-12-22(13-9-18)31(36(34,35)23-14-10-21(27)11-15-23)17-25(32)30(19(2)26(33)29-3)16-20-6-4-5-7-24(20)28/h4-15,19H,16-17H2,1-3H3,(H,29,33). The molecule has 0 aliphatic heterocycles. The lowest BCUT2D eigenvalue weighted by Crippen LogP contribution is -2.50. The van der Waals surface area contributed by atoms with Crippen molar-refractivity contribution in [1.82, 2.24) is 10.2 Å². The van der Waals surface area contributed by atoms with Crippen molar-refractivity contribution in [3.05, 3.63) is 95.6 Å². The number of carbonyl (C=O) groups is 2. The minimum atomic E-state index is -4.30. The molecular formula is C26H27F2N3O4S. The van der Waals surface area contributed by atoms with Crippen molar-refractivity contribution in [1.29, 1.82) is 0 Å². The Morgan fingerprint density at radius 2 is 1.56 bits per heavy atom. The monoisotopic (exact) mass is 515 g/mol. The van der Waals surface area contributed by atoms with Crippen LogP contribution in [0.25, 0.3) is 0 Å². The van der Waals surface area contributed by atoms with Crippen LogP contribution in [0.2, 0.25) is 0 Å². The summed E-state index contributed by atoms with van der Waals surface area (Å²) in [6, 6.07) is 15.5. The second-order valence-electron chi connectivity index (χ2n) is 8.20. The zero-order chi connectivity index (χ0) is 26.5. The Morgan fingerprint density at radius 1 is 0.944 bits per heavy atom. The summed E-state index contributed by atoms with van der Waals surface area (Å²) in [4.78, 5) is 26.9. The van der Waals surface area contributed by atoms with E-state index in [0.29, 0.717) is 0 Å². The van der Waals surface area contributed by atoms with Crippen molar-refractivity contribution in [2.75, 3.05) is 17.9 Å². The van der Waals surface area contributed by atoms with Crippen LogP contribution in [0.3, 0.4) is 0 Å². The molecule has 3 aromatic carbocycles. The van der Waals surface area contributed by atoms with Gasteiger partial charge in [0.15, 0.2) is 0 Å². The molecule has 36 heavy (non-hydrogen) atoms. The van der Waals surface area contributed by atoms with E-state index in [2.05, 4.69) is 5.32 Å². The first-order valence-corrected chi connectivity index (χ1v) is 12.6. The zero-order valence-electron chi connectivity index (χ0n) is 20.1. The van der Waals surface area contributed by atoms with E-state index in [1.807, 2.05) is 6.92 Å². The summed E-state index contributed by atoms with van der Waals surface area (Å²) in [6.45, 7) is 2.38. The van der Waals surface area contributed by atoms with Crippen LogP contribution in [0, 0.1) is 18.6 Å². The van der Waals surface area contributed by atoms with Gasteiger partial charge in [-0.3, -0.25) is 13.9 Å². The van der Waals surface area contributed by atoms with Crippen molar-refractivity contribution < 1.29 is 26.8 Å². The Balaban J connectivity index is 2.03. The van der Waals surface area contributed by atoms with Crippen molar-refractivity contribution in [3.63, 3.8) is 0 Å². The van der Waals surface area contributed by atoms with Gasteiger partial charge in [0.2, 0.25) is 11.8 Å². The molecule has 0 aliphatic carbocycles. The minimum absolute atomic E-state index is 0.171. The van der Waals surface area contributed by atoms with Gasteiger partial charge in [0.25, 0.3) is 10.0 Å². The molecule has 0 heterocycles. The second-order valence-corrected chi connectivity index (χ2v) is 10.1. The van der Waals surface area contributed by atoms with Crippen molar-refractivity contribution in [3.8, 4) is 0 Å². The third-order valence-electron chi connectivity index (χ3n) is 5.71. The highest BCUT2D eigenvalue weighted by Gasteiger charge is 2.32. The Labute approximate surface area is 209 Å². The molecule has 0 bridgehead atoms. The predicted octanol–water partition coefficient (Wildman–Crippen LogP) is 3.63. The van der Waals surface area contributed by atoms with Crippen LogP contribution in [0.5, 0.6) is 0 Å². The van der Waals surface area contributed by atoms with E-state index in [0.717, 1.165) is 39.0 Å². The summed E-state index contributed by atoms with van der Waals surface area (Å²) in [5, 5.41) is 2.46. The van der Waals surface area contributed by atoms with Crippen LogP contribution in [-0.2, 0) is 26.2 Å². The summed E-state index contributed by atoms with van der Waals surface area (Å²) >= 11 is 0. The number of hydrogen-bond acceptors (Lipinski definition) is 4. The Kier molecular flexibility index (Phi) is 8.41. The molecule has 0 spiro atoms. The average Bonchev–Trinajstić information content (AvgIpc) is 2.86. The number of aryl methyl sites for hydroxylation is 1. The maximum atomic E-state index is 14.4. The highest BCUT2D eigenvalue weighted by molar-refractivity contribution is 7.92. The van der Waals surface area contributed by atoms with Gasteiger partial charge in [-0.05, 0) is 56.3 Å². The molecule has 2 amide bonds. The largest absolute Gasteiger partial charge is 0.357 e. The number of likely N-dealkylation sites (N-methyl/N-ethyl adjacent to an activating group) is 1. The molecule has 0 radical (unpaired) electrons. The van der Waals surface area contributed by atoms with Gasteiger partial charge in [-0.15, -0.1) is 0 Å². The summed E-state index contributed by atoms with van der Waals surface area (Å²) in [5.74, 6) is -2.39. The van der Waals surface area contributed by atoms with E-state index >= 15 is 0 Å². The predicted molar refractivity (Wildman–Crippen MR) is 133 cm³/mol. The topological polar surface area (TPSA) is 86.8 Å². The quantitative estimate of drug-likeness (QED) is 0.472. The van der Waals surface area contributed by atoms with E-state index < -0.39 is 46.1 Å². The number of halogens is 2. The van der Waals surface area contributed by atoms with Gasteiger partial charge in [-0.1, -0.05) is 35.9 Å². The Hall–Kier alpha value is -3.79. The van der Waals surface area contributed by atoms with E-state index in [-0.39, 0.29) is 22.7 Å². The van der Waals surface area contributed by atoms with E-state index in [1.165, 1.54) is 32.2 Å². The summed E-state index contributed by atoms with van der Waals surface area (Å²) in [7, 11) is -2.90. The third kappa shape index (κ3) is 6.06. The summed E-state index contributed by atoms with van der Waals surface area (Å²) in [5.41, 5.74) is 1.25. The minimum Gasteiger partial charge on any atom is -0.357 e. The van der Waals surface area contributed by atoms with Gasteiger partial charge in [0.1, 0.15) is 24.2 Å². The van der Waals surface area contributed by atoms with Gasteiger partial charge < -0.3 is 10.2 Å². The second kappa shape index (κ2) is 11.3. The lowest BCUT2D eigenvalue weighted by atomic mass is 10.1. The van der Waals surface area contributed by atoms with Gasteiger partial charge in [-0.2, -0.15) is 0 Å². The number of anilines is 1. The molecule has 190 valence electrons. The van der Waals surface area contributed by atoms with Crippen LogP contribution in [0.15, 0.2) is 77.7 Å². The Bertz CT molecular complexity index is 1330. The lowest BCUT2D eigenvalue weighted by molar-refractivity contribution is -0.139. The molecule has 0 aliphatic rings. The molecule has 7 nitrogen and oxygen atoms in total. The zero-order valence-corrected chi connectivity index (χ0v) is 20.9. The molecule has 1 N–H and O–H groups in total. The SMILES string of the molecule is CNC(=O)C(C)N(Cc1ccccc1F)C(=O)CN(c1ccc(C)cc1)S(=O)(=O)c1ccc(F)cc1. The first-order chi connectivity index (χ1) is 17.0. The molecule has 3 rings (SSSR count). The number of benzene rings is 3. The van der Waals surface area contributed by atoms with Crippen molar-refractivity contribution >= 4 is 27.5 Å². The smallest absolute Gasteiger partial charge is 0.264 e. The van der Waals surface area contributed by atoms with Gasteiger partial charge >= 0.3 is 0 Å². The van der Waals surface area contributed by atoms with E-state index in [9.17, 15) is 26.8 Å². The fourth-order valence-corrected chi connectivity index (χ4v) is 4.99. The van der Waals surface area contributed by atoms with Crippen molar-refractivity contribution in [2.45, 2.75) is 31.3 Å². The molecule has 0 saturated heterocycles. The first-order valence-electron chi connectivity index (χ1n) is 11.1. The maximum Gasteiger partial charge on any atom is 0.264 e. The van der Waals surface area contributed by atoms with Crippen LogP contribution in [0.1, 0.15) is 18.1 Å². The number of carbonyl (C=O) groups excluding carboxylic acids is 2. The van der Waals surface area contributed by atoms with Crippen LogP contribution < -0.4 is 9.62 Å². The van der Waals surface area contributed by atoms with E-state index in [4.69, 9.17) is 0 Å². The van der Waals surface area contributed by atoms with Gasteiger partial charge in [0, 0.05) is 19.2 Å². The fourth-order valence-electron chi connectivity index (χ4n) is 3.58. The van der Waals surface area contributed by atoms with Gasteiger partial charge in [0.05, 0.1) is 10.6 Å². The average molecular weight is 516 g/mol. The van der Waals surface area contributed by atoms with Crippen molar-refractivity contribution in [2.24, 2.45) is 0 Å². The molecule has 0 saturated carbocycles. The Morgan fingerprint density at radius 3 is 2.14 bits per heavy atom. The van der Waals surface area contributed by atoms with E-state index in [1.54, 1.807) is 30.3 Å². The molecular weight excluding hydrogens is 488 g/mol. The maximum absolute atomic E-state index is 14.4. The molecule has 0 aromatic heterocycles. The lowest BCUT2D eigenvalue weighted by Gasteiger charge is -2.31. The highest BCUT2D eigenvalue weighted by atomic mass is 32.2. The fraction of sp³-hybridized carbons (Fsp3) is 0.231. The number of nitrogens with zero attached hydrogens (tertiary/aromatic N) is 2. The first kappa shape index (κ1) is 26.8. The van der Waals surface area contributed by atoms with Gasteiger partial charge in [-0.25, -0.2) is 17.2 Å². The van der Waals surface area contributed by atoms with Crippen LogP contribution in [-0.4, -0.2) is 44.8 Å². The van der Waals surface area contributed by atoms with Crippen LogP contribution >= 0.6 is 0 Å². The number of rotatable bonds is 9. The highest BCUT2D eigenvalue weighted by Crippen LogP contribution is 2.25. The molecule has 0 fully saturated rings. The normalized spacial score (nSPS) is 12.0.